The molecule has 10 heteroatoms. The number of nitrogens with zero attached hydrogens (tertiary/aromatic N) is 2. The number of carbonyl (C=O) groups excluding carboxylic acids is 1. The Bertz CT molecular complexity index is 1510. The molecular weight excluding hydrogens is 491 g/mol. The highest BCUT2D eigenvalue weighted by molar-refractivity contribution is 7.94. The Hall–Kier alpha value is -2.52. The first-order chi connectivity index (χ1) is 15.1. The molecule has 0 fully saturated rings. The van der Waals surface area contributed by atoms with Crippen LogP contribution in [0, 0.1) is 6.92 Å². The molecule has 0 radical (unpaired) electrons. The van der Waals surface area contributed by atoms with Gasteiger partial charge in [0.25, 0.3) is 5.56 Å². The van der Waals surface area contributed by atoms with Crippen molar-refractivity contribution in [2.24, 2.45) is 0 Å². The minimum Gasteiger partial charge on any atom is -0.298 e. The number of hydrogen-bond donors (Lipinski definition) is 0. The summed E-state index contributed by atoms with van der Waals surface area (Å²) in [6, 6.07) is 14.6. The average molecular weight is 507 g/mol. The van der Waals surface area contributed by atoms with Crippen LogP contribution in [-0.2, 0) is 21.1 Å². The Labute approximate surface area is 198 Å². The second-order valence-corrected chi connectivity index (χ2v) is 11.5. The molecule has 0 unspecified atom stereocenters. The number of ketones is 1. The number of aryl methyl sites for hydroxylation is 1. The van der Waals surface area contributed by atoms with Crippen molar-refractivity contribution in [3.8, 4) is 5.69 Å². The minimum atomic E-state index is -3.72. The third kappa shape index (κ3) is 4.63. The molecule has 6 nitrogen and oxygen atoms in total. The van der Waals surface area contributed by atoms with Crippen LogP contribution in [-0.4, -0.2) is 29.5 Å². The van der Waals surface area contributed by atoms with Crippen molar-refractivity contribution in [2.75, 3.05) is 5.75 Å². The van der Waals surface area contributed by atoms with Crippen LogP contribution in [0.2, 0.25) is 9.36 Å². The van der Waals surface area contributed by atoms with Gasteiger partial charge in [0.05, 0.1) is 20.9 Å². The van der Waals surface area contributed by atoms with Crippen molar-refractivity contribution in [1.29, 1.82) is 0 Å². The fraction of sp³-hybridized carbons (Fsp3) is 0.136. The summed E-state index contributed by atoms with van der Waals surface area (Å²) in [5, 5.41) is 0.943. The molecule has 4 rings (SSSR count). The van der Waals surface area contributed by atoms with E-state index in [9.17, 15) is 18.0 Å². The number of hydrogen-bond acceptors (Lipinski definition) is 6. The number of halogens is 2. The molecule has 0 atom stereocenters. The molecule has 0 saturated heterocycles. The third-order valence-corrected chi connectivity index (χ3v) is 8.52. The van der Waals surface area contributed by atoms with E-state index in [1.807, 2.05) is 0 Å². The van der Waals surface area contributed by atoms with E-state index >= 15 is 0 Å². The molecular formula is C22H16Cl2N2O4S2. The molecule has 4 aromatic rings. The van der Waals surface area contributed by atoms with Gasteiger partial charge in [0.1, 0.15) is 15.8 Å². The highest BCUT2D eigenvalue weighted by Gasteiger charge is 2.21. The quantitative estimate of drug-likeness (QED) is 0.379. The van der Waals surface area contributed by atoms with Gasteiger partial charge in [0.15, 0.2) is 15.6 Å². The van der Waals surface area contributed by atoms with Gasteiger partial charge in [-0.15, -0.1) is 11.3 Å². The van der Waals surface area contributed by atoms with E-state index in [2.05, 4.69) is 4.98 Å². The van der Waals surface area contributed by atoms with Crippen LogP contribution < -0.4 is 5.56 Å². The lowest BCUT2D eigenvalue weighted by molar-refractivity contribution is -0.116. The van der Waals surface area contributed by atoms with Crippen molar-refractivity contribution >= 4 is 61.1 Å². The lowest BCUT2D eigenvalue weighted by Gasteiger charge is -2.11. The summed E-state index contributed by atoms with van der Waals surface area (Å²) in [4.78, 5) is 29.8. The fourth-order valence-electron chi connectivity index (χ4n) is 3.36. The topological polar surface area (TPSA) is 86.1 Å². The third-order valence-electron chi connectivity index (χ3n) is 4.80. The van der Waals surface area contributed by atoms with Gasteiger partial charge in [-0.1, -0.05) is 35.3 Å². The van der Waals surface area contributed by atoms with Crippen LogP contribution in [0.25, 0.3) is 16.6 Å². The van der Waals surface area contributed by atoms with Gasteiger partial charge >= 0.3 is 0 Å². The first-order valence-electron chi connectivity index (χ1n) is 9.42. The standard InChI is InChI=1S/C22H16Cl2N2O4S2/c1-13-25-19-11-15(23)4-7-18(19)22(28)26(13)16-5-2-14(3-6-16)10-17(27)12-32(29,30)21-9-8-20(24)31-21/h2-9,11H,10,12H2,1H3. The zero-order valence-electron chi connectivity index (χ0n) is 16.7. The number of Topliss-reactive ketones (excluding diaryl/α,β-unsaturated/α-hetero) is 1. The summed E-state index contributed by atoms with van der Waals surface area (Å²) in [6.07, 6.45) is -0.0407. The molecule has 2 aromatic heterocycles. The smallest absolute Gasteiger partial charge is 0.265 e. The first kappa shape index (κ1) is 22.7. The Balaban J connectivity index is 1.55. The van der Waals surface area contributed by atoms with Crippen LogP contribution in [0.5, 0.6) is 0 Å². The molecule has 164 valence electrons. The zero-order chi connectivity index (χ0) is 23.0. The van der Waals surface area contributed by atoms with Gasteiger partial charge in [0, 0.05) is 11.4 Å². The van der Waals surface area contributed by atoms with Gasteiger partial charge in [-0.3, -0.25) is 14.2 Å². The van der Waals surface area contributed by atoms with E-state index in [1.165, 1.54) is 16.7 Å². The van der Waals surface area contributed by atoms with Crippen LogP contribution >= 0.6 is 34.5 Å². The van der Waals surface area contributed by atoms with Crippen molar-refractivity contribution in [1.82, 2.24) is 9.55 Å². The molecule has 0 aliphatic heterocycles. The summed E-state index contributed by atoms with van der Waals surface area (Å²) in [7, 11) is -3.72. The Morgan fingerprint density at radius 2 is 1.78 bits per heavy atom. The molecule has 2 heterocycles. The van der Waals surface area contributed by atoms with Crippen molar-refractivity contribution < 1.29 is 13.2 Å². The largest absolute Gasteiger partial charge is 0.298 e. The maximum absolute atomic E-state index is 13.0. The zero-order valence-corrected chi connectivity index (χ0v) is 19.9. The van der Waals surface area contributed by atoms with Gasteiger partial charge in [-0.25, -0.2) is 13.4 Å². The number of sulfone groups is 1. The molecule has 0 amide bonds. The van der Waals surface area contributed by atoms with Crippen LogP contribution in [0.1, 0.15) is 11.4 Å². The Morgan fingerprint density at radius 3 is 2.44 bits per heavy atom. The average Bonchev–Trinajstić information content (AvgIpc) is 3.16. The molecule has 2 aromatic carbocycles. The molecule has 0 bridgehead atoms. The number of aromatic nitrogens is 2. The molecule has 0 aliphatic carbocycles. The predicted octanol–water partition coefficient (Wildman–Crippen LogP) is 4.65. The van der Waals surface area contributed by atoms with Crippen LogP contribution in [0.4, 0.5) is 0 Å². The van der Waals surface area contributed by atoms with Gasteiger partial charge in [-0.2, -0.15) is 0 Å². The maximum atomic E-state index is 13.0. The Morgan fingerprint density at radius 1 is 1.06 bits per heavy atom. The van der Waals surface area contributed by atoms with Gasteiger partial charge in [0.2, 0.25) is 0 Å². The van der Waals surface area contributed by atoms with Crippen molar-refractivity contribution in [3.05, 3.63) is 85.7 Å². The van der Waals surface area contributed by atoms with Crippen molar-refractivity contribution in [3.63, 3.8) is 0 Å². The number of carbonyl (C=O) groups is 1. The minimum absolute atomic E-state index is 0.0407. The van der Waals surface area contributed by atoms with E-state index in [1.54, 1.807) is 49.4 Å². The van der Waals surface area contributed by atoms with E-state index in [0.717, 1.165) is 11.3 Å². The number of benzene rings is 2. The fourth-order valence-corrected chi connectivity index (χ4v) is 6.34. The summed E-state index contributed by atoms with van der Waals surface area (Å²) >= 11 is 12.7. The van der Waals surface area contributed by atoms with Crippen LogP contribution in [0.15, 0.2) is 63.6 Å². The lowest BCUT2D eigenvalue weighted by atomic mass is 10.1. The summed E-state index contributed by atoms with van der Waals surface area (Å²) in [5.74, 6) is -0.532. The van der Waals surface area contributed by atoms with E-state index in [4.69, 9.17) is 23.2 Å². The Kier molecular flexibility index (Phi) is 6.22. The summed E-state index contributed by atoms with van der Waals surface area (Å²) in [5.41, 5.74) is 1.53. The summed E-state index contributed by atoms with van der Waals surface area (Å²) < 4.78 is 26.6. The van der Waals surface area contributed by atoms with E-state index in [0.29, 0.717) is 37.3 Å². The first-order valence-corrected chi connectivity index (χ1v) is 12.6. The van der Waals surface area contributed by atoms with Crippen LogP contribution in [0.3, 0.4) is 0 Å². The second-order valence-electron chi connectivity index (χ2n) is 7.16. The second kappa shape index (κ2) is 8.78. The SMILES string of the molecule is Cc1nc2cc(Cl)ccc2c(=O)n1-c1ccc(CC(=O)CS(=O)(=O)c2ccc(Cl)s2)cc1. The molecule has 0 spiro atoms. The predicted molar refractivity (Wildman–Crippen MR) is 127 cm³/mol. The normalized spacial score (nSPS) is 11.7. The number of fused-ring (bicyclic) bond motifs is 1. The summed E-state index contributed by atoms with van der Waals surface area (Å²) in [6.45, 7) is 1.72. The number of rotatable bonds is 6. The van der Waals surface area contributed by atoms with E-state index < -0.39 is 21.4 Å². The molecule has 0 aliphatic rings. The molecule has 32 heavy (non-hydrogen) atoms. The van der Waals surface area contributed by atoms with E-state index in [-0.39, 0.29) is 16.2 Å². The highest BCUT2D eigenvalue weighted by atomic mass is 35.5. The molecule has 0 saturated carbocycles. The maximum Gasteiger partial charge on any atom is 0.265 e. The van der Waals surface area contributed by atoms with Gasteiger partial charge in [-0.05, 0) is 55.0 Å². The van der Waals surface area contributed by atoms with Gasteiger partial charge < -0.3 is 0 Å². The van der Waals surface area contributed by atoms with Crippen molar-refractivity contribution in [2.45, 2.75) is 17.6 Å². The molecule has 0 N–H and O–H groups in total. The lowest BCUT2D eigenvalue weighted by Crippen LogP contribution is -2.22. The monoisotopic (exact) mass is 506 g/mol. The number of thiophene rings is 1. The highest BCUT2D eigenvalue weighted by Crippen LogP contribution is 2.26.